The minimum atomic E-state index is -0.0433. The molecular formula is C18H17N3OS. The van der Waals surface area contributed by atoms with Crippen LogP contribution in [0.5, 0.6) is 0 Å². The summed E-state index contributed by atoms with van der Waals surface area (Å²) in [7, 11) is 0. The van der Waals surface area contributed by atoms with Crippen molar-refractivity contribution in [3.63, 3.8) is 0 Å². The number of hydrogen-bond acceptors (Lipinski definition) is 3. The molecule has 0 saturated carbocycles. The summed E-state index contributed by atoms with van der Waals surface area (Å²) in [4.78, 5) is 19.5. The molecule has 3 rings (SSSR count). The molecular weight excluding hydrogens is 306 g/mol. The lowest BCUT2D eigenvalue weighted by Crippen LogP contribution is -2.14. The number of benzene rings is 2. The Morgan fingerprint density at radius 1 is 1.17 bits per heavy atom. The minimum absolute atomic E-state index is 0.0433. The van der Waals surface area contributed by atoms with Crippen LogP contribution in [-0.4, -0.2) is 21.6 Å². The second-order valence-corrected chi connectivity index (χ2v) is 6.14. The third-order valence-electron chi connectivity index (χ3n) is 3.28. The number of hydrogen-bond donors (Lipinski definition) is 2. The predicted octanol–water partition coefficient (Wildman–Crippen LogP) is 4.12. The fourth-order valence-corrected chi connectivity index (χ4v) is 2.84. The fourth-order valence-electron chi connectivity index (χ4n) is 2.19. The highest BCUT2D eigenvalue weighted by Gasteiger charge is 2.07. The number of aryl methyl sites for hydroxylation is 1. The summed E-state index contributed by atoms with van der Waals surface area (Å²) in [5.74, 6) is 0.272. The Labute approximate surface area is 139 Å². The molecule has 0 aliphatic carbocycles. The van der Waals surface area contributed by atoms with Gasteiger partial charge in [-0.2, -0.15) is 0 Å². The number of nitrogens with zero attached hydrogens (tertiary/aromatic N) is 1. The summed E-state index contributed by atoms with van der Waals surface area (Å²) < 4.78 is 0. The number of aromatic amines is 1. The summed E-state index contributed by atoms with van der Waals surface area (Å²) in [6.45, 7) is 2.00. The highest BCUT2D eigenvalue weighted by molar-refractivity contribution is 7.99. The van der Waals surface area contributed by atoms with E-state index in [-0.39, 0.29) is 5.91 Å². The van der Waals surface area contributed by atoms with Gasteiger partial charge in [-0.15, -0.1) is 0 Å². The van der Waals surface area contributed by atoms with Crippen molar-refractivity contribution in [1.82, 2.24) is 9.97 Å². The van der Waals surface area contributed by atoms with Gasteiger partial charge in [-0.3, -0.25) is 4.79 Å². The third-order valence-corrected chi connectivity index (χ3v) is 4.17. The van der Waals surface area contributed by atoms with Gasteiger partial charge >= 0.3 is 0 Å². The zero-order valence-electron chi connectivity index (χ0n) is 12.7. The number of amides is 1. The summed E-state index contributed by atoms with van der Waals surface area (Å²) in [6.07, 6.45) is 1.79. The van der Waals surface area contributed by atoms with Crippen LogP contribution >= 0.6 is 11.8 Å². The van der Waals surface area contributed by atoms with E-state index in [1.165, 1.54) is 11.8 Å². The molecule has 0 bridgehead atoms. The van der Waals surface area contributed by atoms with E-state index < -0.39 is 0 Å². The van der Waals surface area contributed by atoms with Gasteiger partial charge in [0.05, 0.1) is 17.6 Å². The van der Waals surface area contributed by atoms with E-state index in [4.69, 9.17) is 0 Å². The molecule has 2 aromatic carbocycles. The van der Waals surface area contributed by atoms with Crippen molar-refractivity contribution in [3.8, 4) is 11.3 Å². The maximum Gasteiger partial charge on any atom is 0.234 e. The van der Waals surface area contributed by atoms with E-state index in [9.17, 15) is 4.79 Å². The molecule has 3 aromatic rings. The van der Waals surface area contributed by atoms with Crippen LogP contribution in [0.1, 0.15) is 5.56 Å². The normalized spacial score (nSPS) is 10.5. The van der Waals surface area contributed by atoms with E-state index >= 15 is 0 Å². The van der Waals surface area contributed by atoms with E-state index in [0.29, 0.717) is 5.75 Å². The van der Waals surface area contributed by atoms with Gasteiger partial charge in [-0.1, -0.05) is 54.2 Å². The zero-order chi connectivity index (χ0) is 16.1. The van der Waals surface area contributed by atoms with Crippen molar-refractivity contribution < 1.29 is 4.79 Å². The van der Waals surface area contributed by atoms with E-state index in [1.807, 2.05) is 61.5 Å². The first-order chi connectivity index (χ1) is 11.2. The number of imidazole rings is 1. The first-order valence-electron chi connectivity index (χ1n) is 7.30. The fraction of sp³-hybridized carbons (Fsp3) is 0.111. The van der Waals surface area contributed by atoms with Gasteiger partial charge in [0, 0.05) is 5.69 Å². The van der Waals surface area contributed by atoms with Crippen molar-refractivity contribution in [1.29, 1.82) is 0 Å². The highest BCUT2D eigenvalue weighted by Crippen LogP contribution is 2.21. The largest absolute Gasteiger partial charge is 0.333 e. The Balaban J connectivity index is 1.56. The van der Waals surface area contributed by atoms with Crippen molar-refractivity contribution >= 4 is 23.4 Å². The molecule has 2 N–H and O–H groups in total. The number of aromatic nitrogens is 2. The quantitative estimate of drug-likeness (QED) is 0.695. The lowest BCUT2D eigenvalue weighted by molar-refractivity contribution is -0.113. The van der Waals surface area contributed by atoms with Crippen LogP contribution in [-0.2, 0) is 4.79 Å². The van der Waals surface area contributed by atoms with Crippen LogP contribution in [0.15, 0.2) is 66.0 Å². The van der Waals surface area contributed by atoms with Gasteiger partial charge in [-0.25, -0.2) is 4.98 Å². The van der Waals surface area contributed by atoms with E-state index in [2.05, 4.69) is 15.3 Å². The van der Waals surface area contributed by atoms with Crippen LogP contribution in [0.25, 0.3) is 11.3 Å². The van der Waals surface area contributed by atoms with Gasteiger partial charge in [0.2, 0.25) is 5.91 Å². The molecule has 0 fully saturated rings. The Morgan fingerprint density at radius 3 is 2.78 bits per heavy atom. The average molecular weight is 323 g/mol. The second kappa shape index (κ2) is 7.15. The molecule has 1 aromatic heterocycles. The van der Waals surface area contributed by atoms with Crippen molar-refractivity contribution in [2.75, 3.05) is 11.1 Å². The Bertz CT molecular complexity index is 799. The number of carbonyl (C=O) groups is 1. The Morgan fingerprint density at radius 2 is 2.00 bits per heavy atom. The summed E-state index contributed by atoms with van der Waals surface area (Å²) in [5.41, 5.74) is 3.97. The number of thioether (sulfide) groups is 1. The molecule has 0 spiro atoms. The molecule has 0 aliphatic heterocycles. The Hall–Kier alpha value is -2.53. The minimum Gasteiger partial charge on any atom is -0.333 e. The number of nitrogens with one attached hydrogen (secondary N) is 2. The maximum absolute atomic E-state index is 12.0. The van der Waals surface area contributed by atoms with Crippen LogP contribution < -0.4 is 5.32 Å². The van der Waals surface area contributed by atoms with Gasteiger partial charge in [0.1, 0.15) is 0 Å². The van der Waals surface area contributed by atoms with E-state index in [1.54, 1.807) is 6.20 Å². The molecule has 4 nitrogen and oxygen atoms in total. The van der Waals surface area contributed by atoms with E-state index in [0.717, 1.165) is 27.7 Å². The topological polar surface area (TPSA) is 57.8 Å². The van der Waals surface area contributed by atoms with Crippen LogP contribution in [0.2, 0.25) is 0 Å². The molecule has 0 radical (unpaired) electrons. The molecule has 5 heteroatoms. The zero-order valence-corrected chi connectivity index (χ0v) is 13.6. The average Bonchev–Trinajstić information content (AvgIpc) is 3.03. The molecule has 0 unspecified atom stereocenters. The highest BCUT2D eigenvalue weighted by atomic mass is 32.2. The van der Waals surface area contributed by atoms with Crippen molar-refractivity contribution in [2.24, 2.45) is 0 Å². The van der Waals surface area contributed by atoms with Crippen LogP contribution in [0, 0.1) is 6.92 Å². The molecule has 0 atom stereocenters. The number of H-pyrrole nitrogens is 1. The number of rotatable bonds is 5. The van der Waals surface area contributed by atoms with Gasteiger partial charge in [-0.05, 0) is 30.2 Å². The second-order valence-electron chi connectivity index (χ2n) is 5.17. The molecule has 23 heavy (non-hydrogen) atoms. The van der Waals surface area contributed by atoms with Crippen molar-refractivity contribution in [3.05, 3.63) is 66.4 Å². The third kappa shape index (κ3) is 4.23. The lowest BCUT2D eigenvalue weighted by Gasteiger charge is -2.05. The van der Waals surface area contributed by atoms with Gasteiger partial charge in [0.15, 0.2) is 5.16 Å². The summed E-state index contributed by atoms with van der Waals surface area (Å²) in [6, 6.07) is 17.7. The molecule has 0 saturated heterocycles. The summed E-state index contributed by atoms with van der Waals surface area (Å²) in [5, 5.41) is 3.63. The van der Waals surface area contributed by atoms with Gasteiger partial charge < -0.3 is 10.3 Å². The predicted molar refractivity (Wildman–Crippen MR) is 94.6 cm³/mol. The SMILES string of the molecule is Cc1cccc(NC(=O)CSc2ncc(-c3ccccc3)[nH]2)c1. The molecule has 1 heterocycles. The summed E-state index contributed by atoms with van der Waals surface area (Å²) >= 11 is 1.39. The van der Waals surface area contributed by atoms with Crippen LogP contribution in [0.4, 0.5) is 5.69 Å². The maximum atomic E-state index is 12.0. The monoisotopic (exact) mass is 323 g/mol. The molecule has 0 aliphatic rings. The molecule has 116 valence electrons. The van der Waals surface area contributed by atoms with Gasteiger partial charge in [0.25, 0.3) is 0 Å². The lowest BCUT2D eigenvalue weighted by atomic mass is 10.2. The van der Waals surface area contributed by atoms with Crippen LogP contribution in [0.3, 0.4) is 0 Å². The molecule has 1 amide bonds. The smallest absolute Gasteiger partial charge is 0.234 e. The number of anilines is 1. The first-order valence-corrected chi connectivity index (χ1v) is 8.29. The Kier molecular flexibility index (Phi) is 4.78. The number of carbonyl (C=O) groups excluding carboxylic acids is 1. The standard InChI is InChI=1S/C18H17N3OS/c1-13-6-5-9-15(10-13)20-17(22)12-23-18-19-11-16(21-18)14-7-3-2-4-8-14/h2-11H,12H2,1H3,(H,19,21)(H,20,22). The first kappa shape index (κ1) is 15.4. The van der Waals surface area contributed by atoms with Crippen molar-refractivity contribution in [2.45, 2.75) is 12.1 Å².